The van der Waals surface area contributed by atoms with E-state index in [1.54, 1.807) is 24.3 Å². The molecule has 7 heteroatoms. The highest BCUT2D eigenvalue weighted by Gasteiger charge is 2.25. The number of rotatable bonds is 5. The Morgan fingerprint density at radius 2 is 1.84 bits per heavy atom. The van der Waals surface area contributed by atoms with Gasteiger partial charge in [-0.15, -0.1) is 0 Å². The third-order valence-corrected chi connectivity index (χ3v) is 4.19. The number of carbonyl (C=O) groups is 2. The van der Waals surface area contributed by atoms with E-state index in [0.29, 0.717) is 17.8 Å². The Morgan fingerprint density at radius 3 is 2.40 bits per heavy atom. The summed E-state index contributed by atoms with van der Waals surface area (Å²) in [7, 11) is 1.33. The molecule has 2 rings (SSSR count). The van der Waals surface area contributed by atoms with Crippen LogP contribution in [0.2, 0.25) is 0 Å². The third-order valence-electron chi connectivity index (χ3n) is 4.19. The molecule has 1 fully saturated rings. The molecule has 3 atom stereocenters. The zero-order valence-corrected chi connectivity index (χ0v) is 15.2. The molecule has 0 aliphatic carbocycles. The second-order valence-corrected chi connectivity index (χ2v) is 6.46. The smallest absolute Gasteiger partial charge is 0.337 e. The minimum atomic E-state index is -0.404. The lowest BCUT2D eigenvalue weighted by Crippen LogP contribution is -2.52. The molecule has 2 N–H and O–H groups in total. The lowest BCUT2D eigenvalue weighted by atomic mass is 10.2. The summed E-state index contributed by atoms with van der Waals surface area (Å²) in [5.41, 5.74) is 1.06. The molecule has 7 nitrogen and oxygen atoms in total. The van der Waals surface area contributed by atoms with Crippen molar-refractivity contribution in [1.82, 2.24) is 10.2 Å². The van der Waals surface area contributed by atoms with Crippen molar-refractivity contribution in [3.05, 3.63) is 29.8 Å². The van der Waals surface area contributed by atoms with Crippen molar-refractivity contribution in [1.29, 1.82) is 0 Å². The number of amides is 2. The highest BCUT2D eigenvalue weighted by molar-refractivity contribution is 5.92. The number of methoxy groups -OCH3 is 1. The molecule has 25 heavy (non-hydrogen) atoms. The van der Waals surface area contributed by atoms with Gasteiger partial charge in [-0.25, -0.2) is 9.59 Å². The second kappa shape index (κ2) is 8.82. The summed E-state index contributed by atoms with van der Waals surface area (Å²) >= 11 is 0. The van der Waals surface area contributed by atoms with Crippen LogP contribution in [0.5, 0.6) is 0 Å². The molecule has 0 saturated carbocycles. The number of ether oxygens (including phenoxy) is 2. The van der Waals surface area contributed by atoms with Gasteiger partial charge in [0.05, 0.1) is 24.9 Å². The van der Waals surface area contributed by atoms with Crippen LogP contribution in [0.25, 0.3) is 0 Å². The van der Waals surface area contributed by atoms with Gasteiger partial charge in [-0.1, -0.05) is 0 Å². The predicted octanol–water partition coefficient (Wildman–Crippen LogP) is 2.09. The van der Waals surface area contributed by atoms with Crippen LogP contribution in [0.1, 0.15) is 31.1 Å². The number of anilines is 1. The van der Waals surface area contributed by atoms with Gasteiger partial charge in [0.15, 0.2) is 0 Å². The van der Waals surface area contributed by atoms with E-state index in [1.807, 2.05) is 0 Å². The number of esters is 1. The summed E-state index contributed by atoms with van der Waals surface area (Å²) in [6.45, 7) is 8.50. The normalized spacial score (nSPS) is 22.1. The van der Waals surface area contributed by atoms with E-state index in [2.05, 4.69) is 41.0 Å². The van der Waals surface area contributed by atoms with Crippen molar-refractivity contribution in [2.75, 3.05) is 32.1 Å². The first-order chi connectivity index (χ1) is 11.9. The fourth-order valence-corrected chi connectivity index (χ4v) is 2.93. The number of carbonyl (C=O) groups excluding carboxylic acids is 2. The maximum atomic E-state index is 12.0. The largest absolute Gasteiger partial charge is 0.465 e. The van der Waals surface area contributed by atoms with E-state index in [0.717, 1.165) is 13.1 Å². The van der Waals surface area contributed by atoms with E-state index in [-0.39, 0.29) is 24.3 Å². The van der Waals surface area contributed by atoms with Gasteiger partial charge in [-0.3, -0.25) is 4.90 Å². The quantitative estimate of drug-likeness (QED) is 0.796. The van der Waals surface area contributed by atoms with E-state index in [1.165, 1.54) is 7.11 Å². The van der Waals surface area contributed by atoms with Gasteiger partial charge < -0.3 is 20.1 Å². The molecular formula is C18H27N3O4. The van der Waals surface area contributed by atoms with Gasteiger partial charge in [0.25, 0.3) is 0 Å². The van der Waals surface area contributed by atoms with E-state index >= 15 is 0 Å². The van der Waals surface area contributed by atoms with Crippen molar-refractivity contribution in [2.24, 2.45) is 0 Å². The molecule has 0 aromatic heterocycles. The highest BCUT2D eigenvalue weighted by Crippen LogP contribution is 2.13. The average Bonchev–Trinajstić information content (AvgIpc) is 2.58. The second-order valence-electron chi connectivity index (χ2n) is 6.46. The van der Waals surface area contributed by atoms with Gasteiger partial charge in [-0.2, -0.15) is 0 Å². The number of nitrogens with zero attached hydrogens (tertiary/aromatic N) is 1. The number of benzene rings is 1. The van der Waals surface area contributed by atoms with Gasteiger partial charge in [0.2, 0.25) is 0 Å². The van der Waals surface area contributed by atoms with Crippen LogP contribution in [-0.4, -0.2) is 61.9 Å². The van der Waals surface area contributed by atoms with Crippen LogP contribution in [0.4, 0.5) is 10.5 Å². The summed E-state index contributed by atoms with van der Waals surface area (Å²) in [5.74, 6) is -0.404. The zero-order chi connectivity index (χ0) is 18.4. The van der Waals surface area contributed by atoms with Gasteiger partial charge in [0, 0.05) is 31.4 Å². The molecule has 1 aliphatic rings. The number of nitrogens with one attached hydrogen (secondary N) is 2. The average molecular weight is 349 g/mol. The van der Waals surface area contributed by atoms with Crippen LogP contribution >= 0.6 is 0 Å². The monoisotopic (exact) mass is 349 g/mol. The van der Waals surface area contributed by atoms with Crippen LogP contribution in [0, 0.1) is 0 Å². The Labute approximate surface area is 148 Å². The molecule has 1 aromatic carbocycles. The molecule has 2 amide bonds. The molecule has 1 heterocycles. The van der Waals surface area contributed by atoms with Crippen LogP contribution in [0.15, 0.2) is 24.3 Å². The fraction of sp³-hybridized carbons (Fsp3) is 0.556. The lowest BCUT2D eigenvalue weighted by Gasteiger charge is -2.38. The predicted molar refractivity (Wildman–Crippen MR) is 95.8 cm³/mol. The highest BCUT2D eigenvalue weighted by atomic mass is 16.5. The summed E-state index contributed by atoms with van der Waals surface area (Å²) in [6, 6.07) is 6.51. The number of hydrogen-bond donors (Lipinski definition) is 2. The molecule has 0 radical (unpaired) electrons. The minimum Gasteiger partial charge on any atom is -0.465 e. The molecule has 1 saturated heterocycles. The molecule has 0 spiro atoms. The van der Waals surface area contributed by atoms with Crippen molar-refractivity contribution >= 4 is 17.7 Å². The maximum absolute atomic E-state index is 12.0. The SMILES string of the molecule is COC(=O)c1ccc(NC(=O)NC[C@@H](C)N2C[C@@H](C)O[C@@H](C)C2)cc1. The molecular weight excluding hydrogens is 322 g/mol. The van der Waals surface area contributed by atoms with Crippen molar-refractivity contribution in [3.63, 3.8) is 0 Å². The standard InChI is InChI=1S/C18H27N3O4/c1-12(21-10-13(2)25-14(3)11-21)9-19-18(23)20-16-7-5-15(6-8-16)17(22)24-4/h5-8,12-14H,9-11H2,1-4H3,(H2,19,20,23)/t12-,13-,14+/m1/s1. The number of morpholine rings is 1. The van der Waals surface area contributed by atoms with Gasteiger partial charge >= 0.3 is 12.0 Å². The Balaban J connectivity index is 1.79. The summed E-state index contributed by atoms with van der Waals surface area (Å²) in [4.78, 5) is 25.8. The Hall–Kier alpha value is -2.12. The zero-order valence-electron chi connectivity index (χ0n) is 15.2. The minimum absolute atomic E-state index is 0.202. The van der Waals surface area contributed by atoms with Gasteiger partial charge in [-0.05, 0) is 45.0 Å². The van der Waals surface area contributed by atoms with Crippen molar-refractivity contribution < 1.29 is 19.1 Å². The lowest BCUT2D eigenvalue weighted by molar-refractivity contribution is -0.0777. The van der Waals surface area contributed by atoms with Crippen LogP contribution in [0.3, 0.4) is 0 Å². The first-order valence-electron chi connectivity index (χ1n) is 8.51. The van der Waals surface area contributed by atoms with Gasteiger partial charge in [0.1, 0.15) is 0 Å². The fourth-order valence-electron chi connectivity index (χ4n) is 2.93. The Morgan fingerprint density at radius 1 is 1.24 bits per heavy atom. The number of hydrogen-bond acceptors (Lipinski definition) is 5. The third kappa shape index (κ3) is 5.72. The number of urea groups is 1. The first kappa shape index (κ1) is 19.2. The van der Waals surface area contributed by atoms with Crippen molar-refractivity contribution in [3.8, 4) is 0 Å². The Bertz CT molecular complexity index is 580. The summed E-state index contributed by atoms with van der Waals surface area (Å²) in [5, 5.41) is 5.64. The topological polar surface area (TPSA) is 79.9 Å². The van der Waals surface area contributed by atoms with Crippen molar-refractivity contribution in [2.45, 2.75) is 39.0 Å². The molecule has 138 valence electrons. The van der Waals surface area contributed by atoms with Crippen LogP contribution in [-0.2, 0) is 9.47 Å². The molecule has 1 aliphatic heterocycles. The molecule has 0 unspecified atom stereocenters. The first-order valence-corrected chi connectivity index (χ1v) is 8.51. The van der Waals surface area contributed by atoms with Crippen LogP contribution < -0.4 is 10.6 Å². The Kier molecular flexibility index (Phi) is 6.78. The molecule has 0 bridgehead atoms. The van der Waals surface area contributed by atoms with E-state index in [9.17, 15) is 9.59 Å². The van der Waals surface area contributed by atoms with E-state index in [4.69, 9.17) is 4.74 Å². The maximum Gasteiger partial charge on any atom is 0.337 e. The molecule has 1 aromatic rings. The van der Waals surface area contributed by atoms with E-state index < -0.39 is 5.97 Å². The summed E-state index contributed by atoms with van der Waals surface area (Å²) in [6.07, 6.45) is 0.404. The summed E-state index contributed by atoms with van der Waals surface area (Å²) < 4.78 is 10.4.